The van der Waals surface area contributed by atoms with Gasteiger partial charge in [0.15, 0.2) is 0 Å². The van der Waals surface area contributed by atoms with Crippen molar-refractivity contribution < 1.29 is 14.3 Å². The number of aryl methyl sites for hydroxylation is 1. The molecule has 5 heteroatoms. The summed E-state index contributed by atoms with van der Waals surface area (Å²) < 4.78 is 10.8. The minimum Gasteiger partial charge on any atom is -0.495 e. The van der Waals surface area contributed by atoms with Crippen LogP contribution in [-0.2, 0) is 6.42 Å². The third-order valence-electron chi connectivity index (χ3n) is 3.56. The van der Waals surface area contributed by atoms with Crippen LogP contribution in [0.5, 0.6) is 11.5 Å². The fraction of sp³-hybridized carbons (Fsp3) is 0.316. The van der Waals surface area contributed by atoms with Crippen molar-refractivity contribution in [1.29, 1.82) is 0 Å². The van der Waals surface area contributed by atoms with Gasteiger partial charge >= 0.3 is 6.03 Å². The van der Waals surface area contributed by atoms with Crippen molar-refractivity contribution in [2.45, 2.75) is 20.3 Å². The number of carbonyl (C=O) groups excluding carboxylic acids is 1. The molecule has 0 aliphatic rings. The highest BCUT2D eigenvalue weighted by Crippen LogP contribution is 2.25. The minimum absolute atomic E-state index is 0.257. The van der Waals surface area contributed by atoms with Crippen LogP contribution in [0.25, 0.3) is 0 Å². The Balaban J connectivity index is 1.89. The van der Waals surface area contributed by atoms with Gasteiger partial charge in [-0.05, 0) is 49.6 Å². The average Bonchev–Trinajstić information content (AvgIpc) is 2.57. The van der Waals surface area contributed by atoms with E-state index in [1.54, 1.807) is 7.11 Å². The van der Waals surface area contributed by atoms with Crippen LogP contribution in [0, 0.1) is 6.92 Å². The van der Waals surface area contributed by atoms with E-state index in [4.69, 9.17) is 9.47 Å². The predicted octanol–water partition coefficient (Wildman–Crippen LogP) is 3.77. The molecule has 128 valence electrons. The van der Waals surface area contributed by atoms with E-state index in [1.807, 2.05) is 56.3 Å². The fourth-order valence-electron chi connectivity index (χ4n) is 2.40. The standard InChI is InChI=1S/C19H24N2O3/c1-4-24-17-8-6-5-7-15(17)11-12-20-19(22)21-16-13-14(2)9-10-18(16)23-3/h5-10,13H,4,11-12H2,1-3H3,(H2,20,21,22). The second-order valence-electron chi connectivity index (χ2n) is 5.38. The average molecular weight is 328 g/mol. The zero-order chi connectivity index (χ0) is 17.4. The molecular weight excluding hydrogens is 304 g/mol. The van der Waals surface area contributed by atoms with Crippen molar-refractivity contribution in [3.63, 3.8) is 0 Å². The van der Waals surface area contributed by atoms with E-state index in [1.165, 1.54) is 0 Å². The molecule has 0 heterocycles. The van der Waals surface area contributed by atoms with Crippen LogP contribution in [0.1, 0.15) is 18.1 Å². The summed E-state index contributed by atoms with van der Waals surface area (Å²) >= 11 is 0. The lowest BCUT2D eigenvalue weighted by atomic mass is 10.1. The number of hydrogen-bond acceptors (Lipinski definition) is 3. The lowest BCUT2D eigenvalue weighted by Gasteiger charge is -2.13. The topological polar surface area (TPSA) is 59.6 Å². The molecule has 2 aromatic carbocycles. The smallest absolute Gasteiger partial charge is 0.319 e. The van der Waals surface area contributed by atoms with E-state index in [2.05, 4.69) is 10.6 Å². The van der Waals surface area contributed by atoms with E-state index in [0.29, 0.717) is 31.0 Å². The summed E-state index contributed by atoms with van der Waals surface area (Å²) in [5.41, 5.74) is 2.79. The Bertz CT molecular complexity index is 686. The summed E-state index contributed by atoms with van der Waals surface area (Å²) in [6, 6.07) is 13.3. The molecule has 2 N–H and O–H groups in total. The van der Waals surface area contributed by atoms with E-state index >= 15 is 0 Å². The van der Waals surface area contributed by atoms with Crippen molar-refractivity contribution in [3.8, 4) is 11.5 Å². The normalized spacial score (nSPS) is 10.1. The van der Waals surface area contributed by atoms with Crippen LogP contribution < -0.4 is 20.1 Å². The highest BCUT2D eigenvalue weighted by atomic mass is 16.5. The lowest BCUT2D eigenvalue weighted by Crippen LogP contribution is -2.30. The summed E-state index contributed by atoms with van der Waals surface area (Å²) in [7, 11) is 1.58. The molecule has 0 atom stereocenters. The first-order valence-electron chi connectivity index (χ1n) is 8.04. The molecule has 0 fully saturated rings. The predicted molar refractivity (Wildman–Crippen MR) is 96.1 cm³/mol. The fourth-order valence-corrected chi connectivity index (χ4v) is 2.40. The number of carbonyl (C=O) groups is 1. The highest BCUT2D eigenvalue weighted by molar-refractivity contribution is 5.91. The second-order valence-corrected chi connectivity index (χ2v) is 5.38. The van der Waals surface area contributed by atoms with E-state index in [9.17, 15) is 4.79 Å². The van der Waals surface area contributed by atoms with Gasteiger partial charge in [-0.3, -0.25) is 0 Å². The van der Waals surface area contributed by atoms with Crippen LogP contribution in [0.3, 0.4) is 0 Å². The molecule has 0 radical (unpaired) electrons. The van der Waals surface area contributed by atoms with Crippen molar-refractivity contribution in [2.75, 3.05) is 25.6 Å². The molecule has 0 saturated carbocycles. The maximum Gasteiger partial charge on any atom is 0.319 e. The van der Waals surface area contributed by atoms with Gasteiger partial charge in [-0.1, -0.05) is 24.3 Å². The summed E-state index contributed by atoms with van der Waals surface area (Å²) in [6.07, 6.45) is 0.703. The van der Waals surface area contributed by atoms with Gasteiger partial charge in [-0.25, -0.2) is 4.79 Å². The van der Waals surface area contributed by atoms with Crippen molar-refractivity contribution in [2.24, 2.45) is 0 Å². The quantitative estimate of drug-likeness (QED) is 0.813. The number of nitrogens with one attached hydrogen (secondary N) is 2. The monoisotopic (exact) mass is 328 g/mol. The molecule has 5 nitrogen and oxygen atoms in total. The van der Waals surface area contributed by atoms with Crippen LogP contribution in [0.4, 0.5) is 10.5 Å². The SMILES string of the molecule is CCOc1ccccc1CCNC(=O)Nc1cc(C)ccc1OC. The Morgan fingerprint density at radius 1 is 1.12 bits per heavy atom. The minimum atomic E-state index is -0.257. The number of amides is 2. The maximum atomic E-state index is 12.1. The van der Waals surface area contributed by atoms with Gasteiger partial charge in [0.1, 0.15) is 11.5 Å². The summed E-state index contributed by atoms with van der Waals surface area (Å²) in [6.45, 7) is 5.06. The zero-order valence-electron chi connectivity index (χ0n) is 14.4. The van der Waals surface area contributed by atoms with Gasteiger partial charge in [-0.2, -0.15) is 0 Å². The molecule has 2 amide bonds. The number of anilines is 1. The summed E-state index contributed by atoms with van der Waals surface area (Å²) in [4.78, 5) is 12.1. The van der Waals surface area contributed by atoms with E-state index < -0.39 is 0 Å². The van der Waals surface area contributed by atoms with E-state index in [-0.39, 0.29) is 6.03 Å². The number of methoxy groups -OCH3 is 1. The molecule has 2 rings (SSSR count). The number of hydrogen-bond donors (Lipinski definition) is 2. The van der Waals surface area contributed by atoms with Gasteiger partial charge in [0.05, 0.1) is 19.4 Å². The number of para-hydroxylation sites is 1. The maximum absolute atomic E-state index is 12.1. The van der Waals surface area contributed by atoms with Gasteiger partial charge in [0.25, 0.3) is 0 Å². The Hall–Kier alpha value is -2.69. The molecule has 0 aliphatic carbocycles. The van der Waals surface area contributed by atoms with Crippen LogP contribution in [0.2, 0.25) is 0 Å². The molecule has 2 aromatic rings. The van der Waals surface area contributed by atoms with Gasteiger partial charge in [0, 0.05) is 6.54 Å². The van der Waals surface area contributed by atoms with Crippen molar-refractivity contribution in [1.82, 2.24) is 5.32 Å². The second kappa shape index (κ2) is 8.82. The largest absolute Gasteiger partial charge is 0.495 e. The van der Waals surface area contributed by atoms with Crippen molar-refractivity contribution >= 4 is 11.7 Å². The Morgan fingerprint density at radius 2 is 1.92 bits per heavy atom. The molecule has 0 bridgehead atoms. The van der Waals surface area contributed by atoms with Gasteiger partial charge in [0.2, 0.25) is 0 Å². The van der Waals surface area contributed by atoms with E-state index in [0.717, 1.165) is 16.9 Å². The molecular formula is C19H24N2O3. The molecule has 0 aliphatic heterocycles. The van der Waals surface area contributed by atoms with Crippen LogP contribution in [0.15, 0.2) is 42.5 Å². The molecule has 0 aromatic heterocycles. The first-order chi connectivity index (χ1) is 11.6. The number of ether oxygens (including phenoxy) is 2. The Morgan fingerprint density at radius 3 is 2.67 bits per heavy atom. The zero-order valence-corrected chi connectivity index (χ0v) is 14.4. The van der Waals surface area contributed by atoms with Gasteiger partial charge < -0.3 is 20.1 Å². The Labute approximate surface area is 143 Å². The first-order valence-corrected chi connectivity index (χ1v) is 8.04. The molecule has 0 saturated heterocycles. The highest BCUT2D eigenvalue weighted by Gasteiger charge is 2.08. The van der Waals surface area contributed by atoms with Gasteiger partial charge in [-0.15, -0.1) is 0 Å². The van der Waals surface area contributed by atoms with Crippen molar-refractivity contribution in [3.05, 3.63) is 53.6 Å². The Kier molecular flexibility index (Phi) is 6.49. The van der Waals surface area contributed by atoms with Crippen LogP contribution >= 0.6 is 0 Å². The molecule has 0 unspecified atom stereocenters. The number of urea groups is 1. The van der Waals surface area contributed by atoms with Crippen LogP contribution in [-0.4, -0.2) is 26.3 Å². The summed E-state index contributed by atoms with van der Waals surface area (Å²) in [5.74, 6) is 1.50. The lowest BCUT2D eigenvalue weighted by molar-refractivity contribution is 0.252. The number of rotatable bonds is 7. The first kappa shape index (κ1) is 17.7. The number of benzene rings is 2. The third-order valence-corrected chi connectivity index (χ3v) is 3.56. The summed E-state index contributed by atoms with van der Waals surface area (Å²) in [5, 5.41) is 5.68. The molecule has 0 spiro atoms. The third kappa shape index (κ3) is 4.91. The molecule has 24 heavy (non-hydrogen) atoms.